The maximum absolute atomic E-state index is 10.9. The molecule has 12 nitrogen and oxygen atoms in total. The number of rotatable bonds is 7. The van der Waals surface area contributed by atoms with Gasteiger partial charge in [0.1, 0.15) is 24.4 Å². The number of aliphatic hydroxyl groups is 6. The second kappa shape index (κ2) is 6.43. The average molecular weight is 318 g/mol. The first-order valence-corrected chi connectivity index (χ1v) is 6.06. The first kappa shape index (κ1) is 13.7. The standard InChI is InChI=1S/C10H16N6O6/c17-3-4(18)7(19)8(20)9(21)10(22,5-1-11-15-13-5)6-2-12-16-14-6/h1-2,4,7-9,17-22H,3H2,(H,11,13,15)(H,12,14,16)/t4-,7-,8+,9+/m1/s1/i1D,2D. The fourth-order valence-electron chi connectivity index (χ4n) is 1.88. The Labute approximate surface area is 125 Å². The Morgan fingerprint density at radius 3 is 1.91 bits per heavy atom. The van der Waals surface area contributed by atoms with Crippen molar-refractivity contribution in [3.63, 3.8) is 0 Å². The summed E-state index contributed by atoms with van der Waals surface area (Å²) in [6.07, 6.45) is -9.57. The van der Waals surface area contributed by atoms with Crippen molar-refractivity contribution in [3.05, 3.63) is 23.7 Å². The number of H-pyrrole nitrogens is 2. The highest BCUT2D eigenvalue weighted by molar-refractivity contribution is 5.25. The van der Waals surface area contributed by atoms with Crippen LogP contribution < -0.4 is 0 Å². The van der Waals surface area contributed by atoms with Gasteiger partial charge in [0.25, 0.3) is 0 Å². The molecular formula is C10H16N6O6. The van der Waals surface area contributed by atoms with E-state index in [4.69, 9.17) is 7.85 Å². The fourth-order valence-corrected chi connectivity index (χ4v) is 1.88. The van der Waals surface area contributed by atoms with Crippen LogP contribution in [0.1, 0.15) is 14.1 Å². The smallest absolute Gasteiger partial charge is 0.179 e. The Balaban J connectivity index is 2.52. The zero-order chi connectivity index (χ0) is 18.1. The minimum Gasteiger partial charge on any atom is -0.394 e. The molecule has 12 heteroatoms. The van der Waals surface area contributed by atoms with Crippen LogP contribution in [0.2, 0.25) is 0 Å². The lowest BCUT2D eigenvalue weighted by atomic mass is 9.84. The molecule has 0 aliphatic heterocycles. The van der Waals surface area contributed by atoms with Crippen LogP contribution in [0.25, 0.3) is 0 Å². The van der Waals surface area contributed by atoms with E-state index < -0.39 is 60.4 Å². The van der Waals surface area contributed by atoms with Crippen LogP contribution in [0, 0.1) is 0 Å². The number of aromatic nitrogens is 6. The van der Waals surface area contributed by atoms with Gasteiger partial charge in [-0.2, -0.15) is 0 Å². The van der Waals surface area contributed by atoms with Crippen molar-refractivity contribution in [2.75, 3.05) is 6.61 Å². The van der Waals surface area contributed by atoms with E-state index in [1.54, 1.807) is 0 Å². The van der Waals surface area contributed by atoms with Crippen molar-refractivity contribution in [3.8, 4) is 0 Å². The molecule has 8 N–H and O–H groups in total. The normalized spacial score (nSPS) is 19.2. The molecular weight excluding hydrogens is 300 g/mol. The van der Waals surface area contributed by atoms with Crippen molar-refractivity contribution in [1.29, 1.82) is 0 Å². The summed E-state index contributed by atoms with van der Waals surface area (Å²) in [4.78, 5) is 0. The van der Waals surface area contributed by atoms with Crippen LogP contribution in [0.5, 0.6) is 0 Å². The van der Waals surface area contributed by atoms with Gasteiger partial charge < -0.3 is 30.6 Å². The summed E-state index contributed by atoms with van der Waals surface area (Å²) in [5, 5.41) is 76.8. The number of hydrogen-bond acceptors (Lipinski definition) is 10. The maximum Gasteiger partial charge on any atom is 0.179 e. The van der Waals surface area contributed by atoms with Gasteiger partial charge in [-0.05, 0) is 0 Å². The quantitative estimate of drug-likeness (QED) is 0.246. The molecule has 2 aromatic rings. The summed E-state index contributed by atoms with van der Waals surface area (Å²) in [5.74, 6) is 0. The summed E-state index contributed by atoms with van der Waals surface area (Å²) in [6.45, 7) is -0.923. The van der Waals surface area contributed by atoms with Gasteiger partial charge in [0, 0.05) is 0 Å². The van der Waals surface area contributed by atoms with E-state index in [2.05, 4.69) is 30.8 Å². The van der Waals surface area contributed by atoms with Gasteiger partial charge in [-0.1, -0.05) is 10.4 Å². The minimum atomic E-state index is -2.71. The van der Waals surface area contributed by atoms with Crippen LogP contribution in [0.15, 0.2) is 12.3 Å². The Morgan fingerprint density at radius 1 is 1.05 bits per heavy atom. The molecule has 122 valence electrons. The van der Waals surface area contributed by atoms with Crippen LogP contribution in [-0.2, 0) is 5.60 Å². The van der Waals surface area contributed by atoms with Gasteiger partial charge in [-0.15, -0.1) is 10.2 Å². The van der Waals surface area contributed by atoms with Crippen molar-refractivity contribution in [2.24, 2.45) is 0 Å². The van der Waals surface area contributed by atoms with Gasteiger partial charge in [0.2, 0.25) is 0 Å². The maximum atomic E-state index is 10.9. The second-order valence-electron chi connectivity index (χ2n) is 4.54. The summed E-state index contributed by atoms with van der Waals surface area (Å²) in [5.41, 5.74) is -3.74. The molecule has 0 radical (unpaired) electrons. The highest BCUT2D eigenvalue weighted by atomic mass is 16.4. The van der Waals surface area contributed by atoms with Gasteiger partial charge >= 0.3 is 0 Å². The predicted octanol–water partition coefficient (Wildman–Crippen LogP) is -4.41. The summed E-state index contributed by atoms with van der Waals surface area (Å²) >= 11 is 0. The average Bonchev–Trinajstić information content (AvgIpc) is 3.19. The lowest BCUT2D eigenvalue weighted by Crippen LogP contribution is -2.55. The number of nitrogens with zero attached hydrogens (tertiary/aromatic N) is 4. The van der Waals surface area contributed by atoms with E-state index in [9.17, 15) is 25.5 Å². The predicted molar refractivity (Wildman–Crippen MR) is 66.9 cm³/mol. The molecule has 2 aromatic heterocycles. The third-order valence-electron chi connectivity index (χ3n) is 3.19. The number of hydrogen-bond donors (Lipinski definition) is 8. The highest BCUT2D eigenvalue weighted by Gasteiger charge is 2.49. The fraction of sp³-hybridized carbons (Fsp3) is 0.600. The molecule has 4 atom stereocenters. The number of nitrogens with one attached hydrogen (secondary N) is 2. The summed E-state index contributed by atoms with van der Waals surface area (Å²) in [7, 11) is 0. The second-order valence-corrected chi connectivity index (χ2v) is 4.54. The van der Waals surface area contributed by atoms with E-state index in [-0.39, 0.29) is 0 Å². The van der Waals surface area contributed by atoms with Crippen molar-refractivity contribution in [1.82, 2.24) is 30.8 Å². The van der Waals surface area contributed by atoms with Crippen molar-refractivity contribution in [2.45, 2.75) is 30.0 Å². The molecule has 0 saturated heterocycles. The van der Waals surface area contributed by atoms with Gasteiger partial charge in [0.15, 0.2) is 5.60 Å². The summed E-state index contributed by atoms with van der Waals surface area (Å²) < 4.78 is 15.2. The van der Waals surface area contributed by atoms with Crippen LogP contribution in [0.4, 0.5) is 0 Å². The summed E-state index contributed by atoms with van der Waals surface area (Å²) in [6, 6.07) is 0. The molecule has 0 aliphatic carbocycles. The van der Waals surface area contributed by atoms with Crippen LogP contribution in [-0.4, -0.2) is 92.5 Å². The molecule has 0 bridgehead atoms. The molecule has 2 heterocycles. The Morgan fingerprint density at radius 2 is 1.55 bits per heavy atom. The first-order valence-electron chi connectivity index (χ1n) is 7.06. The Kier molecular flexibility index (Phi) is 4.00. The molecule has 0 spiro atoms. The Hall–Kier alpha value is -1.96. The molecule has 2 rings (SSSR count). The topological polar surface area (TPSA) is 205 Å². The number of aliphatic hydroxyl groups excluding tert-OH is 5. The van der Waals surface area contributed by atoms with Crippen molar-refractivity contribution >= 4 is 0 Å². The molecule has 0 saturated carbocycles. The molecule has 0 aliphatic rings. The zero-order valence-electron chi connectivity index (χ0n) is 13.0. The third kappa shape index (κ3) is 2.70. The molecule has 22 heavy (non-hydrogen) atoms. The SMILES string of the molecule is [2H]c1nn[nH]c1C(O)(c1[nH]nnc1[2H])[C@@H](O)[C@@H](O)[C@H](O)[C@H](O)CO. The van der Waals surface area contributed by atoms with E-state index >= 15 is 0 Å². The number of aromatic amines is 2. The minimum absolute atomic E-state index is 0.515. The van der Waals surface area contributed by atoms with Gasteiger partial charge in [0.05, 0.1) is 33.1 Å². The molecule has 0 aromatic carbocycles. The zero-order valence-corrected chi connectivity index (χ0v) is 11.0. The van der Waals surface area contributed by atoms with Crippen LogP contribution in [0.3, 0.4) is 0 Å². The largest absolute Gasteiger partial charge is 0.394 e. The third-order valence-corrected chi connectivity index (χ3v) is 3.19. The first-order chi connectivity index (χ1) is 11.2. The van der Waals surface area contributed by atoms with Crippen molar-refractivity contribution < 1.29 is 33.4 Å². The Bertz CT molecular complexity index is 642. The van der Waals surface area contributed by atoms with E-state index in [0.29, 0.717) is 0 Å². The lowest BCUT2D eigenvalue weighted by Gasteiger charge is -2.35. The highest BCUT2D eigenvalue weighted by Crippen LogP contribution is 2.32. The lowest BCUT2D eigenvalue weighted by molar-refractivity contribution is -0.166. The molecule has 0 amide bonds. The van der Waals surface area contributed by atoms with Gasteiger partial charge in [-0.3, -0.25) is 10.2 Å². The van der Waals surface area contributed by atoms with Crippen LogP contribution >= 0.6 is 0 Å². The molecule has 0 unspecified atom stereocenters. The molecule has 0 fully saturated rings. The monoisotopic (exact) mass is 318 g/mol. The van der Waals surface area contributed by atoms with E-state index in [1.165, 1.54) is 0 Å². The van der Waals surface area contributed by atoms with E-state index in [1.807, 2.05) is 0 Å². The van der Waals surface area contributed by atoms with Gasteiger partial charge in [-0.25, -0.2) is 0 Å². The van der Waals surface area contributed by atoms with E-state index in [0.717, 1.165) is 0 Å².